The summed E-state index contributed by atoms with van der Waals surface area (Å²) in [6, 6.07) is 22.2. The lowest BCUT2D eigenvalue weighted by Crippen LogP contribution is -2.40. The number of carbonyl (C=O) groups is 2. The van der Waals surface area contributed by atoms with Crippen molar-refractivity contribution in [3.63, 3.8) is 0 Å². The van der Waals surface area contributed by atoms with Gasteiger partial charge in [-0.3, -0.25) is 9.36 Å². The molecule has 1 aliphatic heterocycles. The zero-order valence-corrected chi connectivity index (χ0v) is 32.7. The van der Waals surface area contributed by atoms with Crippen LogP contribution in [0.4, 0.5) is 0 Å². The van der Waals surface area contributed by atoms with Crippen molar-refractivity contribution in [2.24, 2.45) is 4.99 Å². The van der Waals surface area contributed by atoms with E-state index < -0.39 is 18.0 Å². The van der Waals surface area contributed by atoms with Crippen LogP contribution in [0.1, 0.15) is 43.5 Å². The molecule has 0 bridgehead atoms. The van der Waals surface area contributed by atoms with E-state index >= 15 is 0 Å². The van der Waals surface area contributed by atoms with Crippen molar-refractivity contribution < 1.29 is 33.3 Å². The highest BCUT2D eigenvalue weighted by atomic mass is 79.9. The Kier molecular flexibility index (Phi) is 11.6. The molecule has 0 unspecified atom stereocenters. The van der Waals surface area contributed by atoms with Gasteiger partial charge < -0.3 is 23.7 Å². The summed E-state index contributed by atoms with van der Waals surface area (Å²) in [4.78, 5) is 44.6. The minimum absolute atomic E-state index is 0.142. The fraction of sp³-hybridized carbons (Fsp3) is 0.231. The maximum Gasteiger partial charge on any atom is 0.343 e. The predicted molar refractivity (Wildman–Crippen MR) is 206 cm³/mol. The SMILES string of the molecule is CCOC(=O)C1=C(C)N=c2s/c(=C\c3cc(Br)c(OCc4cccc5ccccc45)c(Br)c3)c(=O)n2[C@H]1c1ccc(OCC(=O)OC)c(OCC)c1. The van der Waals surface area contributed by atoms with Gasteiger partial charge in [-0.05, 0) is 110 Å². The first kappa shape index (κ1) is 37.1. The third-order valence-corrected chi connectivity index (χ3v) is 10.4. The van der Waals surface area contributed by atoms with Gasteiger partial charge in [0, 0.05) is 0 Å². The summed E-state index contributed by atoms with van der Waals surface area (Å²) in [7, 11) is 1.27. The van der Waals surface area contributed by atoms with Gasteiger partial charge in [0.15, 0.2) is 22.9 Å². The molecule has 52 heavy (non-hydrogen) atoms. The number of thiazole rings is 1. The van der Waals surface area contributed by atoms with Gasteiger partial charge in [0.2, 0.25) is 0 Å². The number of nitrogens with zero attached hydrogens (tertiary/aromatic N) is 2. The average molecular weight is 851 g/mol. The van der Waals surface area contributed by atoms with Crippen LogP contribution in [0.2, 0.25) is 0 Å². The molecule has 6 rings (SSSR count). The number of rotatable bonds is 12. The second kappa shape index (κ2) is 16.3. The summed E-state index contributed by atoms with van der Waals surface area (Å²) in [6.07, 6.45) is 1.78. The van der Waals surface area contributed by atoms with E-state index in [0.29, 0.717) is 60.0 Å². The van der Waals surface area contributed by atoms with Crippen LogP contribution in [-0.2, 0) is 25.7 Å². The van der Waals surface area contributed by atoms with Crippen molar-refractivity contribution in [2.45, 2.75) is 33.4 Å². The second-order valence-corrected chi connectivity index (χ2v) is 14.3. The lowest BCUT2D eigenvalue weighted by Gasteiger charge is -2.25. The number of aromatic nitrogens is 1. The van der Waals surface area contributed by atoms with Gasteiger partial charge in [-0.15, -0.1) is 0 Å². The minimum atomic E-state index is -0.880. The van der Waals surface area contributed by atoms with Crippen LogP contribution < -0.4 is 29.1 Å². The third kappa shape index (κ3) is 7.71. The number of fused-ring (bicyclic) bond motifs is 2. The molecule has 0 radical (unpaired) electrons. The zero-order valence-electron chi connectivity index (χ0n) is 28.7. The first-order valence-electron chi connectivity index (χ1n) is 16.4. The highest BCUT2D eigenvalue weighted by molar-refractivity contribution is 9.11. The van der Waals surface area contributed by atoms with Crippen LogP contribution in [0.3, 0.4) is 0 Å². The first-order chi connectivity index (χ1) is 25.1. The Labute approximate surface area is 320 Å². The molecule has 0 saturated carbocycles. The molecule has 0 aliphatic carbocycles. The van der Waals surface area contributed by atoms with Crippen LogP contribution in [0.5, 0.6) is 17.2 Å². The maximum atomic E-state index is 14.3. The number of benzene rings is 4. The normalized spacial score (nSPS) is 14.1. The smallest absolute Gasteiger partial charge is 0.343 e. The summed E-state index contributed by atoms with van der Waals surface area (Å²) < 4.78 is 31.3. The van der Waals surface area contributed by atoms with Gasteiger partial charge in [-0.1, -0.05) is 59.9 Å². The summed E-state index contributed by atoms with van der Waals surface area (Å²) in [5.41, 5.74) is 2.69. The molecule has 268 valence electrons. The standard InChI is InChI=1S/C39H34Br2N2O8S/c1-5-48-31-19-25(14-15-30(31)50-21-33(44)47-4)35-34(38(46)49-6-2)22(3)42-39-43(35)37(45)32(52-39)18-23-16-28(40)36(29(41)17-23)51-20-26-12-9-11-24-10-7-8-13-27(24)26/h7-19,35H,5-6,20-21H2,1-4H3/b32-18-/t35-/m0/s1. The largest absolute Gasteiger partial charge is 0.490 e. The van der Waals surface area contributed by atoms with E-state index in [1.807, 2.05) is 43.3 Å². The molecule has 0 saturated heterocycles. The second-order valence-electron chi connectivity index (χ2n) is 11.5. The molecule has 0 N–H and O–H groups in total. The Morgan fingerprint density at radius 2 is 1.67 bits per heavy atom. The van der Waals surface area contributed by atoms with Gasteiger partial charge in [-0.2, -0.15) is 0 Å². The van der Waals surface area contributed by atoms with Crippen LogP contribution in [-0.4, -0.2) is 43.4 Å². The van der Waals surface area contributed by atoms with E-state index in [0.717, 1.165) is 21.9 Å². The number of esters is 2. The first-order valence-corrected chi connectivity index (χ1v) is 18.8. The van der Waals surface area contributed by atoms with Gasteiger partial charge in [0.25, 0.3) is 5.56 Å². The number of methoxy groups -OCH3 is 1. The quantitative estimate of drug-likeness (QED) is 0.123. The lowest BCUT2D eigenvalue weighted by atomic mass is 9.95. The summed E-state index contributed by atoms with van der Waals surface area (Å²) in [5, 5.41) is 2.27. The van der Waals surface area contributed by atoms with E-state index in [1.165, 1.54) is 23.0 Å². The highest BCUT2D eigenvalue weighted by Gasteiger charge is 2.34. The van der Waals surface area contributed by atoms with Crippen LogP contribution in [0.15, 0.2) is 103 Å². The number of ether oxygens (including phenoxy) is 5. The zero-order chi connectivity index (χ0) is 36.9. The number of halogens is 2. The molecular weight excluding hydrogens is 816 g/mol. The van der Waals surface area contributed by atoms with Crippen molar-refractivity contribution in [1.82, 2.24) is 4.57 Å². The number of carbonyl (C=O) groups excluding carboxylic acids is 2. The number of hydrogen-bond donors (Lipinski definition) is 0. The molecular formula is C39H34Br2N2O8S. The van der Waals surface area contributed by atoms with Crippen molar-refractivity contribution >= 4 is 72.0 Å². The number of allylic oxidation sites excluding steroid dienone is 1. The van der Waals surface area contributed by atoms with E-state index in [4.69, 9.17) is 23.7 Å². The minimum Gasteiger partial charge on any atom is -0.490 e. The van der Waals surface area contributed by atoms with Gasteiger partial charge in [0.05, 0.1) is 51.1 Å². The Hall–Kier alpha value is -4.72. The van der Waals surface area contributed by atoms with Crippen molar-refractivity contribution in [1.29, 1.82) is 0 Å². The Bertz CT molecular complexity index is 2370. The molecule has 1 atom stereocenters. The lowest BCUT2D eigenvalue weighted by molar-refractivity contribution is -0.143. The summed E-state index contributed by atoms with van der Waals surface area (Å²) in [6.45, 7) is 5.74. The van der Waals surface area contributed by atoms with E-state index in [1.54, 1.807) is 38.1 Å². The number of hydrogen-bond acceptors (Lipinski definition) is 10. The molecule has 0 amide bonds. The maximum absolute atomic E-state index is 14.3. The van der Waals surface area contributed by atoms with E-state index in [2.05, 4.69) is 55.1 Å². The van der Waals surface area contributed by atoms with Gasteiger partial charge in [-0.25, -0.2) is 14.6 Å². The molecule has 5 aromatic rings. The molecule has 1 aliphatic rings. The molecule has 1 aromatic heterocycles. The fourth-order valence-electron chi connectivity index (χ4n) is 5.91. The Balaban J connectivity index is 1.38. The molecule has 10 nitrogen and oxygen atoms in total. The molecule has 0 spiro atoms. The van der Waals surface area contributed by atoms with E-state index in [-0.39, 0.29) is 24.3 Å². The van der Waals surface area contributed by atoms with Crippen LogP contribution in [0, 0.1) is 0 Å². The van der Waals surface area contributed by atoms with E-state index in [9.17, 15) is 14.4 Å². The van der Waals surface area contributed by atoms with Crippen molar-refractivity contribution in [3.8, 4) is 17.2 Å². The molecule has 2 heterocycles. The van der Waals surface area contributed by atoms with Crippen LogP contribution >= 0.6 is 43.2 Å². The fourth-order valence-corrected chi connectivity index (χ4v) is 8.40. The Morgan fingerprint density at radius 3 is 2.40 bits per heavy atom. The van der Waals surface area contributed by atoms with Crippen molar-refractivity contribution in [2.75, 3.05) is 26.9 Å². The third-order valence-electron chi connectivity index (χ3n) is 8.24. The average Bonchev–Trinajstić information content (AvgIpc) is 3.43. The topological polar surface area (TPSA) is 115 Å². The van der Waals surface area contributed by atoms with Crippen molar-refractivity contribution in [3.05, 3.63) is 129 Å². The van der Waals surface area contributed by atoms with Gasteiger partial charge in [0.1, 0.15) is 12.4 Å². The summed E-state index contributed by atoms with van der Waals surface area (Å²) >= 11 is 8.55. The molecule has 13 heteroatoms. The predicted octanol–water partition coefficient (Wildman–Crippen LogP) is 7.01. The Morgan fingerprint density at radius 1 is 0.923 bits per heavy atom. The van der Waals surface area contributed by atoms with Gasteiger partial charge >= 0.3 is 11.9 Å². The highest BCUT2D eigenvalue weighted by Crippen LogP contribution is 2.38. The molecule has 0 fully saturated rings. The summed E-state index contributed by atoms with van der Waals surface area (Å²) in [5.74, 6) is 0.136. The monoisotopic (exact) mass is 848 g/mol. The van der Waals surface area contributed by atoms with Crippen LogP contribution in [0.25, 0.3) is 16.8 Å². The molecule has 4 aromatic carbocycles.